The van der Waals surface area contributed by atoms with E-state index < -0.39 is 47.3 Å². The quantitative estimate of drug-likeness (QED) is 0.0408. The number of rotatable bonds is 15. The van der Waals surface area contributed by atoms with Gasteiger partial charge in [-0.25, -0.2) is 0 Å². The fourth-order valence-corrected chi connectivity index (χ4v) is 9.98. The Morgan fingerprint density at radius 3 is 2.30 bits per heavy atom. The third-order valence-corrected chi connectivity index (χ3v) is 13.2. The van der Waals surface area contributed by atoms with Gasteiger partial charge in [-0.2, -0.15) is 21.4 Å². The average Bonchev–Trinajstić information content (AvgIpc) is 3.75. The van der Waals surface area contributed by atoms with Crippen LogP contribution in [0, 0.1) is 0 Å². The lowest BCUT2D eigenvalue weighted by Gasteiger charge is -2.18. The van der Waals surface area contributed by atoms with Crippen LogP contribution in [-0.2, 0) is 47.1 Å². The molecule has 3 N–H and O–H groups in total. The summed E-state index contributed by atoms with van der Waals surface area (Å²) in [6, 6.07) is 15.8. The Balaban J connectivity index is 1.19. The molecule has 0 fully saturated rings. The molecule has 0 saturated heterocycles. The largest absolute Gasteiger partial charge is 0.376 e. The number of carbonyl (C=O) groups is 3. The van der Waals surface area contributed by atoms with Crippen LogP contribution in [0.2, 0.25) is 0 Å². The zero-order valence-electron chi connectivity index (χ0n) is 34.5. The highest BCUT2D eigenvalue weighted by molar-refractivity contribution is 7.86. The summed E-state index contributed by atoms with van der Waals surface area (Å²) in [5, 5.41) is 7.63. The number of fused-ring (bicyclic) bond motifs is 3. The minimum atomic E-state index is -4.90. The highest BCUT2D eigenvalue weighted by Crippen LogP contribution is 2.46. The number of nitrogens with zero attached hydrogens (tertiary/aromatic N) is 4. The molecule has 4 aromatic carbocycles. The van der Waals surface area contributed by atoms with Crippen LogP contribution < -0.4 is 15.6 Å². The summed E-state index contributed by atoms with van der Waals surface area (Å²) in [4.78, 5) is 38.0. The number of hydrogen-bond donors (Lipinski definition) is 3. The zero-order chi connectivity index (χ0) is 44.0. The molecule has 61 heavy (non-hydrogen) atoms. The van der Waals surface area contributed by atoms with Crippen molar-refractivity contribution < 1.29 is 44.9 Å². The van der Waals surface area contributed by atoms with Crippen LogP contribution in [0.15, 0.2) is 101 Å². The van der Waals surface area contributed by atoms with Crippen LogP contribution in [0.3, 0.4) is 0 Å². The molecule has 0 atom stereocenters. The average molecular weight is 867 g/mol. The molecule has 0 aliphatic carbocycles. The number of amides is 3. The molecule has 16 heteroatoms. The second-order valence-electron chi connectivity index (χ2n) is 16.0. The number of aromatic nitrogens is 1. The van der Waals surface area contributed by atoms with Crippen molar-refractivity contribution >= 4 is 93.6 Å². The summed E-state index contributed by atoms with van der Waals surface area (Å²) in [6.07, 6.45) is 14.4. The van der Waals surface area contributed by atoms with E-state index in [1.165, 1.54) is 29.7 Å². The summed E-state index contributed by atoms with van der Waals surface area (Å²) in [5.74, 6) is -1.01. The van der Waals surface area contributed by atoms with Gasteiger partial charge in [0.05, 0.1) is 21.5 Å². The van der Waals surface area contributed by atoms with Gasteiger partial charge in [0.2, 0.25) is 11.6 Å². The lowest BCUT2D eigenvalue weighted by atomic mass is 9.79. The molecule has 7 rings (SSSR count). The lowest BCUT2D eigenvalue weighted by Crippen LogP contribution is -2.38. The van der Waals surface area contributed by atoms with Gasteiger partial charge in [-0.1, -0.05) is 42.5 Å². The van der Waals surface area contributed by atoms with E-state index in [-0.39, 0.29) is 36.2 Å². The maximum Gasteiger partial charge on any atom is 0.295 e. The molecular formula is C45H48N5O9S2+. The molecule has 2 aliphatic heterocycles. The van der Waals surface area contributed by atoms with E-state index in [2.05, 4.69) is 62.8 Å². The van der Waals surface area contributed by atoms with Crippen molar-refractivity contribution in [3.8, 4) is 0 Å². The smallest absolute Gasteiger partial charge is 0.295 e. The van der Waals surface area contributed by atoms with Gasteiger partial charge in [-0.15, -0.1) is 0 Å². The zero-order valence-corrected chi connectivity index (χ0v) is 36.2. The van der Waals surface area contributed by atoms with Gasteiger partial charge in [-0.3, -0.25) is 28.4 Å². The lowest BCUT2D eigenvalue weighted by molar-refractivity contribution is -0.438. The second kappa shape index (κ2) is 16.5. The maximum absolute atomic E-state index is 12.6. The normalized spacial score (nSPS) is 15.9. The van der Waals surface area contributed by atoms with Crippen LogP contribution >= 0.6 is 0 Å². The Morgan fingerprint density at radius 2 is 1.61 bits per heavy atom. The van der Waals surface area contributed by atoms with E-state index >= 15 is 0 Å². The monoisotopic (exact) mass is 866 g/mol. The van der Waals surface area contributed by atoms with Gasteiger partial charge in [0.1, 0.15) is 11.4 Å². The fourth-order valence-electron chi connectivity index (χ4n) is 8.64. The minimum absolute atomic E-state index is 0.0882. The van der Waals surface area contributed by atoms with Crippen LogP contribution in [0.1, 0.15) is 45.1 Å². The highest BCUT2D eigenvalue weighted by atomic mass is 32.2. The molecular weight excluding hydrogens is 819 g/mol. The molecule has 14 nitrogen and oxygen atoms in total. The predicted octanol–water partition coefficient (Wildman–Crippen LogP) is 5.33. The van der Waals surface area contributed by atoms with Gasteiger partial charge >= 0.3 is 0 Å². The number of nitrogens with one attached hydrogen (secondary N) is 1. The Morgan fingerprint density at radius 1 is 0.869 bits per heavy atom. The van der Waals surface area contributed by atoms with Crippen molar-refractivity contribution in [1.82, 2.24) is 14.8 Å². The number of anilines is 1. The molecule has 0 bridgehead atoms. The summed E-state index contributed by atoms with van der Waals surface area (Å²) in [7, 11) is -3.66. The van der Waals surface area contributed by atoms with Crippen molar-refractivity contribution in [3.05, 3.63) is 102 Å². The van der Waals surface area contributed by atoms with Crippen molar-refractivity contribution in [1.29, 1.82) is 0 Å². The van der Waals surface area contributed by atoms with Crippen LogP contribution in [0.4, 0.5) is 11.4 Å². The molecule has 5 aromatic rings. The van der Waals surface area contributed by atoms with E-state index in [1.807, 2.05) is 52.2 Å². The molecule has 2 aliphatic rings. The molecule has 3 heterocycles. The van der Waals surface area contributed by atoms with E-state index in [1.54, 1.807) is 6.07 Å². The minimum Gasteiger partial charge on any atom is -0.376 e. The van der Waals surface area contributed by atoms with Crippen molar-refractivity contribution in [3.63, 3.8) is 0 Å². The SMILES string of the molecule is CN(C)c1ccc2cccc3/c(=C/C=C/C=C/C4=[N+](CCCCCC(=O)NCCN5C(=O)C=CC5=O)c5ccc6c(S(=O)(=O)O)cc(S(=O)(=O)O)cc6c5C4(C)C)n(C)c1c23. The molecule has 0 radical (unpaired) electrons. The Kier molecular flexibility index (Phi) is 11.7. The molecule has 1 aromatic heterocycles. The summed E-state index contributed by atoms with van der Waals surface area (Å²) in [6.45, 7) is 4.62. The Hall–Kier alpha value is -5.94. The standard InChI is InChI=1S/C45H47N5O9S2/c1-45(2)38(16-9-6-8-15-34-32-14-12-13-29-18-20-36(47(3)4)44(42(29)32)48(34)5)49(25-11-7-10-17-39(51)46-24-26-50-40(52)22-23-41(50)53)35-21-19-31-33(43(35)45)27-30(60(54,55)56)28-37(31)61(57,58)59/h6,8-9,12-16,18-23,27-28H,7,10-11,17,24-26H2,1-5H3,(H2-,46,51,54,55,56,57,58,59)/p+1. The third kappa shape index (κ3) is 8.28. The molecule has 0 saturated carbocycles. The first-order chi connectivity index (χ1) is 28.8. The number of carbonyl (C=O) groups excluding carboxylic acids is 3. The van der Waals surface area contributed by atoms with Gasteiger partial charge in [0.15, 0.2) is 5.71 Å². The van der Waals surface area contributed by atoms with E-state index in [0.717, 1.165) is 44.0 Å². The number of allylic oxidation sites excluding steroid dienone is 4. The van der Waals surface area contributed by atoms with Gasteiger partial charge in [0.25, 0.3) is 32.1 Å². The topological polar surface area (TPSA) is 186 Å². The summed E-state index contributed by atoms with van der Waals surface area (Å²) in [5.41, 5.74) is 3.57. The fraction of sp³-hybridized carbons (Fsp3) is 0.289. The van der Waals surface area contributed by atoms with Gasteiger partial charge in [-0.05, 0) is 67.8 Å². The number of aryl methyl sites for hydroxylation is 1. The van der Waals surface area contributed by atoms with Crippen LogP contribution in [-0.4, -0.2) is 97.1 Å². The van der Waals surface area contributed by atoms with E-state index in [0.29, 0.717) is 37.1 Å². The predicted molar refractivity (Wildman–Crippen MR) is 236 cm³/mol. The first kappa shape index (κ1) is 43.2. The third-order valence-electron chi connectivity index (χ3n) is 11.5. The van der Waals surface area contributed by atoms with Gasteiger partial charge < -0.3 is 14.8 Å². The summed E-state index contributed by atoms with van der Waals surface area (Å²) >= 11 is 0. The maximum atomic E-state index is 12.6. The van der Waals surface area contributed by atoms with Crippen LogP contribution in [0.5, 0.6) is 0 Å². The highest BCUT2D eigenvalue weighted by Gasteiger charge is 2.46. The Bertz CT molecular complexity index is 3050. The van der Waals surface area contributed by atoms with Crippen molar-refractivity contribution in [2.75, 3.05) is 38.6 Å². The molecule has 318 valence electrons. The van der Waals surface area contributed by atoms with E-state index in [4.69, 9.17) is 0 Å². The molecule has 3 amide bonds. The number of imide groups is 1. The molecule has 0 spiro atoms. The summed E-state index contributed by atoms with van der Waals surface area (Å²) < 4.78 is 74.4. The number of benzene rings is 4. The number of unbranched alkanes of at least 4 members (excludes halogenated alkanes) is 2. The van der Waals surface area contributed by atoms with Crippen LogP contribution in [0.25, 0.3) is 38.5 Å². The molecule has 0 unspecified atom stereocenters. The second-order valence-corrected chi connectivity index (χ2v) is 18.8. The first-order valence-electron chi connectivity index (χ1n) is 19.8. The van der Waals surface area contributed by atoms with E-state index in [9.17, 15) is 40.3 Å². The first-order valence-corrected chi connectivity index (χ1v) is 22.7. The van der Waals surface area contributed by atoms with Crippen molar-refractivity contribution in [2.45, 2.75) is 54.7 Å². The Labute approximate surface area is 354 Å². The number of hydrogen-bond acceptors (Lipinski definition) is 8. The van der Waals surface area contributed by atoms with Gasteiger partial charge in [0, 0.05) is 98.4 Å². The van der Waals surface area contributed by atoms with Crippen molar-refractivity contribution in [2.24, 2.45) is 7.05 Å².